The van der Waals surface area contributed by atoms with Crippen molar-refractivity contribution >= 4 is 86.4 Å². The van der Waals surface area contributed by atoms with Crippen molar-refractivity contribution in [3.8, 4) is 28.3 Å². The number of likely N-dealkylation sites (N-methyl/N-ethyl adjacent to an activating group) is 1. The largest absolute Gasteiger partial charge is 0.467 e. The van der Waals surface area contributed by atoms with Crippen LogP contribution in [0.5, 0.6) is 5.75 Å². The molecule has 2 aromatic heterocycles. The summed E-state index contributed by atoms with van der Waals surface area (Å²) in [6, 6.07) is 21.9. The number of methoxy groups -OCH3 is 1. The molecule has 1 aliphatic carbocycles. The van der Waals surface area contributed by atoms with Gasteiger partial charge in [0.05, 0.1) is 47.6 Å². The number of anilines is 1. The lowest BCUT2D eigenvalue weighted by Gasteiger charge is -2.43. The van der Waals surface area contributed by atoms with Crippen LogP contribution >= 0.6 is 0 Å². The molecule has 3 N–H and O–H groups in total. The van der Waals surface area contributed by atoms with Crippen LogP contribution in [0.15, 0.2) is 90.2 Å². The highest BCUT2D eigenvalue weighted by atomic mass is 32.2. The average Bonchev–Trinajstić information content (AvgIpc) is 1.46. The van der Waals surface area contributed by atoms with E-state index in [1.807, 2.05) is 48.5 Å². The molecule has 0 spiro atoms. The van der Waals surface area contributed by atoms with Gasteiger partial charge < -0.3 is 72.6 Å². The normalized spacial score (nSPS) is 18.7. The summed E-state index contributed by atoms with van der Waals surface area (Å²) in [5.74, 6) is -8.46. The topological polar surface area (TPSA) is 366 Å². The Morgan fingerprint density at radius 1 is 0.870 bits per heavy atom. The molecular weight excluding hydrogens is 1330 g/mol. The third-order valence-corrected chi connectivity index (χ3v) is 18.2. The lowest BCUT2D eigenvalue weighted by molar-refractivity contribution is -0.282. The fourth-order valence-corrected chi connectivity index (χ4v) is 13.0. The van der Waals surface area contributed by atoms with Crippen LogP contribution in [-0.2, 0) is 118 Å². The summed E-state index contributed by atoms with van der Waals surface area (Å²) in [4.78, 5) is 140. The smallest absolute Gasteiger partial charge is 0.411 e. The lowest BCUT2D eigenvalue weighted by atomic mass is 9.86. The molecule has 4 aromatic carbocycles. The van der Waals surface area contributed by atoms with E-state index in [1.54, 1.807) is 6.92 Å². The summed E-state index contributed by atoms with van der Waals surface area (Å²) in [6.45, 7) is 5.90. The van der Waals surface area contributed by atoms with Crippen molar-refractivity contribution in [1.82, 2.24) is 24.7 Å². The van der Waals surface area contributed by atoms with E-state index in [0.29, 0.717) is 22.1 Å². The van der Waals surface area contributed by atoms with E-state index in [2.05, 4.69) is 17.2 Å². The lowest BCUT2D eigenvalue weighted by Crippen LogP contribution is -2.64. The van der Waals surface area contributed by atoms with Crippen LogP contribution < -0.4 is 20.9 Å². The molecule has 29 nitrogen and oxygen atoms in total. The van der Waals surface area contributed by atoms with Crippen LogP contribution in [0.2, 0.25) is 0 Å². The maximum absolute atomic E-state index is 15.6. The Morgan fingerprint density at radius 3 is 2.17 bits per heavy atom. The van der Waals surface area contributed by atoms with E-state index in [9.17, 15) is 61.5 Å². The monoisotopic (exact) mass is 1400 g/mol. The molecular formula is C69H71FN6O23S. The SMILES string of the molecule is C=Cc1c(C)c(F)cc2nc3c(c(CNC(=O)COCN(CCS(C)(=O)=O)C(=O)OCc4ccc(O[C@@H]5O[C@H](C(=O)OC)[C@@H](OC(C)=O)[C@H](OC(C)=O)[C@H]5OC(C)=O)c(NC(=O)CN(C)C(=O)OCC5c6ccccc6-c6ccccc65)c4)c12)Cn1c-3cc2c(c1=O)COC(=O)[C@]2(O)CC. The Kier molecular flexibility index (Phi) is 21.5. The van der Waals surface area contributed by atoms with Gasteiger partial charge in [0.25, 0.3) is 5.56 Å². The molecule has 6 atom stereocenters. The highest BCUT2D eigenvalue weighted by molar-refractivity contribution is 7.90. The van der Waals surface area contributed by atoms with Gasteiger partial charge in [-0.1, -0.05) is 74.2 Å². The third kappa shape index (κ3) is 15.2. The van der Waals surface area contributed by atoms with Gasteiger partial charge in [-0.3, -0.25) is 33.7 Å². The minimum Gasteiger partial charge on any atom is -0.467 e. The fraction of sp³-hybridized carbons (Fsp3) is 0.377. The van der Waals surface area contributed by atoms with Gasteiger partial charge in [-0.15, -0.1) is 0 Å². The Bertz CT molecular complexity index is 4480. The summed E-state index contributed by atoms with van der Waals surface area (Å²) in [5.41, 5.74) is 3.13. The van der Waals surface area contributed by atoms with Gasteiger partial charge in [0.15, 0.2) is 23.9 Å². The quantitative estimate of drug-likeness (QED) is 0.0390. The van der Waals surface area contributed by atoms with Crippen molar-refractivity contribution in [3.63, 3.8) is 0 Å². The molecule has 0 radical (unpaired) electrons. The van der Waals surface area contributed by atoms with Gasteiger partial charge in [0, 0.05) is 75.7 Å². The summed E-state index contributed by atoms with van der Waals surface area (Å²) >= 11 is 0. The predicted molar refractivity (Wildman–Crippen MR) is 349 cm³/mol. The number of fused-ring (bicyclic) bond motifs is 8. The standard InChI is InChI=1S/C69H71FN6O23S/c1-10-40-35(3)50(70)26-52-57(40)45(46-28-76-53(58(46)73-52)25-49-48(63(76)82)32-92-66(84)69(49,87)11-2)27-71-56(81)33-91-34-75(22-23-100(9,88)89)68(86)93-30-39-20-21-54(98-65-62(97-38(6)79)60(96-37(5)78)59(95-36(4)77)61(99-65)64(83)90-8)51(24-39)72-55(80)29-74(7)67(85)94-31-47-43-18-14-12-16-41(43)42-17-13-15-19-44(42)47/h10,12-21,24-26,47,59-62,65,87H,1,11,22-23,27-34H2,2-9H3,(H,71,81)(H,72,80)/t59-,60-,61-,62+,65+,69-/m0/s1. The highest BCUT2D eigenvalue weighted by Gasteiger charge is 2.56. The predicted octanol–water partition coefficient (Wildman–Crippen LogP) is 5.34. The van der Waals surface area contributed by atoms with Crippen molar-refractivity contribution < 1.29 is 108 Å². The number of cyclic esters (lactones) is 1. The number of pyridine rings is 2. The second-order valence-electron chi connectivity index (χ2n) is 24.0. The number of hydrogen-bond acceptors (Lipinski definition) is 24. The third-order valence-electron chi connectivity index (χ3n) is 17.3. The first-order valence-electron chi connectivity index (χ1n) is 31.3. The van der Waals surface area contributed by atoms with Crippen molar-refractivity contribution in [1.29, 1.82) is 0 Å². The number of nitrogens with one attached hydrogen (secondary N) is 2. The van der Waals surface area contributed by atoms with Gasteiger partial charge in [0.2, 0.25) is 24.2 Å². The number of sulfone groups is 1. The molecule has 4 amide bonds. The zero-order chi connectivity index (χ0) is 72.2. The van der Waals surface area contributed by atoms with Crippen LogP contribution in [0, 0.1) is 12.7 Å². The van der Waals surface area contributed by atoms with Gasteiger partial charge in [-0.2, -0.15) is 0 Å². The number of hydrogen-bond donors (Lipinski definition) is 3. The average molecular weight is 1400 g/mol. The Hall–Kier alpha value is -10.6. The maximum atomic E-state index is 15.6. The molecule has 5 heterocycles. The number of carbonyl (C=O) groups is 9. The molecule has 1 saturated heterocycles. The first kappa shape index (κ1) is 72.1. The molecule has 1 fully saturated rings. The zero-order valence-corrected chi connectivity index (χ0v) is 56.4. The van der Waals surface area contributed by atoms with Gasteiger partial charge in [-0.25, -0.2) is 37.0 Å². The molecule has 31 heteroatoms. The first-order chi connectivity index (χ1) is 47.5. The molecule has 0 unspecified atom stereocenters. The van der Waals surface area contributed by atoms with E-state index in [-0.39, 0.29) is 82.6 Å². The van der Waals surface area contributed by atoms with Gasteiger partial charge in [0.1, 0.15) is 61.1 Å². The molecule has 10 rings (SSSR count). The molecule has 0 saturated carbocycles. The van der Waals surface area contributed by atoms with Crippen LogP contribution in [-0.4, -0.2) is 177 Å². The molecule has 6 aromatic rings. The molecule has 4 aliphatic rings. The highest BCUT2D eigenvalue weighted by Crippen LogP contribution is 2.46. The minimum absolute atomic E-state index is 0.0471. The van der Waals surface area contributed by atoms with Crippen molar-refractivity contribution in [3.05, 3.63) is 152 Å². The first-order valence-corrected chi connectivity index (χ1v) is 33.4. The summed E-state index contributed by atoms with van der Waals surface area (Å²) in [5, 5.41) is 17.3. The second-order valence-corrected chi connectivity index (χ2v) is 26.3. The number of nitrogens with zero attached hydrogens (tertiary/aromatic N) is 4. The number of halogens is 1. The van der Waals surface area contributed by atoms with Gasteiger partial charge >= 0.3 is 42.0 Å². The number of amides is 4. The van der Waals surface area contributed by atoms with E-state index in [1.165, 1.54) is 54.9 Å². The number of benzene rings is 4. The summed E-state index contributed by atoms with van der Waals surface area (Å²) in [7, 11) is -1.46. The van der Waals surface area contributed by atoms with Crippen LogP contribution in [0.25, 0.3) is 39.5 Å². The van der Waals surface area contributed by atoms with E-state index >= 15 is 4.39 Å². The van der Waals surface area contributed by atoms with Crippen molar-refractivity contribution in [2.24, 2.45) is 0 Å². The zero-order valence-electron chi connectivity index (χ0n) is 55.5. The van der Waals surface area contributed by atoms with E-state index in [4.69, 9.17) is 52.4 Å². The Morgan fingerprint density at radius 2 is 1.53 bits per heavy atom. The maximum Gasteiger partial charge on any atom is 0.411 e. The second kappa shape index (κ2) is 29.8. The Labute approximate surface area is 571 Å². The number of rotatable bonds is 24. The number of ether oxygens (including phenoxy) is 10. The van der Waals surface area contributed by atoms with E-state index < -0.39 is 157 Å². The molecule has 3 aliphatic heterocycles. The van der Waals surface area contributed by atoms with Crippen LogP contribution in [0.3, 0.4) is 0 Å². The number of carbonyl (C=O) groups excluding carboxylic acids is 9. The molecule has 100 heavy (non-hydrogen) atoms. The number of aliphatic hydroxyl groups is 1. The minimum atomic E-state index is -3.76. The van der Waals surface area contributed by atoms with Crippen LogP contribution in [0.1, 0.15) is 90.1 Å². The van der Waals surface area contributed by atoms with Crippen molar-refractivity contribution in [2.45, 2.75) is 110 Å². The molecule has 0 bridgehead atoms. The number of aromatic nitrogens is 2. The fourth-order valence-electron chi connectivity index (χ4n) is 12.4. The van der Waals surface area contributed by atoms with Crippen molar-refractivity contribution in [2.75, 3.05) is 64.5 Å². The van der Waals surface area contributed by atoms with E-state index in [0.717, 1.165) is 66.2 Å². The summed E-state index contributed by atoms with van der Waals surface area (Å²) < 4.78 is 97.9. The van der Waals surface area contributed by atoms with Gasteiger partial charge in [-0.05, 0) is 76.1 Å². The number of esters is 5. The van der Waals surface area contributed by atoms with Crippen LogP contribution in [0.4, 0.5) is 19.7 Å². The molecule has 528 valence electrons. The Balaban J connectivity index is 0.872. The summed E-state index contributed by atoms with van der Waals surface area (Å²) in [6.07, 6.45) is -8.98.